The summed E-state index contributed by atoms with van der Waals surface area (Å²) >= 11 is 5.98. The molecule has 0 radical (unpaired) electrons. The summed E-state index contributed by atoms with van der Waals surface area (Å²) < 4.78 is 31.7. The van der Waals surface area contributed by atoms with Gasteiger partial charge in [-0.1, -0.05) is 35.9 Å². The van der Waals surface area contributed by atoms with Gasteiger partial charge in [-0.15, -0.1) is 0 Å². The molecule has 4 rings (SSSR count). The Balaban J connectivity index is 0.000000318. The molecule has 2 unspecified atom stereocenters. The molecule has 0 saturated heterocycles. The van der Waals surface area contributed by atoms with Gasteiger partial charge in [0.25, 0.3) is 5.91 Å². The first kappa shape index (κ1) is 21.7. The van der Waals surface area contributed by atoms with Crippen molar-refractivity contribution in [1.29, 1.82) is 0 Å². The molecule has 0 fully saturated rings. The minimum atomic E-state index is -5.08. The molecule has 0 aliphatic heterocycles. The Bertz CT molecular complexity index is 1100. The topological polar surface area (TPSA) is 108 Å². The molecule has 158 valence electrons. The van der Waals surface area contributed by atoms with E-state index in [9.17, 15) is 18.0 Å². The number of carboxylic acids is 1. The lowest BCUT2D eigenvalue weighted by Crippen LogP contribution is -2.40. The number of carbonyl (C=O) groups excluding carboxylic acids is 1. The number of nitrogens with two attached hydrogens (primary N) is 1. The number of H-pyrrole nitrogens is 1. The fourth-order valence-electron chi connectivity index (χ4n) is 3.24. The highest BCUT2D eigenvalue weighted by atomic mass is 35.5. The molecule has 5 N–H and O–H groups in total. The first-order valence-electron chi connectivity index (χ1n) is 8.79. The van der Waals surface area contributed by atoms with Gasteiger partial charge >= 0.3 is 12.1 Å². The molecule has 0 saturated carbocycles. The highest BCUT2D eigenvalue weighted by Gasteiger charge is 2.38. The second kappa shape index (κ2) is 8.37. The Morgan fingerprint density at radius 2 is 1.83 bits per heavy atom. The molecule has 30 heavy (non-hydrogen) atoms. The summed E-state index contributed by atoms with van der Waals surface area (Å²) in [5, 5.41) is 11.7. The van der Waals surface area contributed by atoms with E-state index in [1.165, 1.54) is 5.56 Å². The number of aromatic amines is 1. The van der Waals surface area contributed by atoms with Crippen molar-refractivity contribution in [3.05, 3.63) is 70.4 Å². The second-order valence-corrected chi connectivity index (χ2v) is 7.16. The summed E-state index contributed by atoms with van der Waals surface area (Å²) in [5.74, 6) is -2.90. The minimum Gasteiger partial charge on any atom is -0.475 e. The Hall–Kier alpha value is -3.04. The number of halogens is 4. The van der Waals surface area contributed by atoms with Gasteiger partial charge in [0.2, 0.25) is 0 Å². The van der Waals surface area contributed by atoms with Crippen LogP contribution in [0, 0.1) is 0 Å². The number of carboxylic acid groups (broad SMARTS) is 1. The fraction of sp³-hybridized carbons (Fsp3) is 0.200. The zero-order valence-electron chi connectivity index (χ0n) is 15.3. The highest BCUT2D eigenvalue weighted by Crippen LogP contribution is 2.29. The van der Waals surface area contributed by atoms with Gasteiger partial charge in [-0.25, -0.2) is 4.79 Å². The lowest BCUT2D eigenvalue weighted by molar-refractivity contribution is -0.192. The quantitative estimate of drug-likeness (QED) is 0.487. The molecule has 1 aliphatic rings. The molecule has 1 aromatic heterocycles. The van der Waals surface area contributed by atoms with Crippen molar-refractivity contribution < 1.29 is 27.9 Å². The number of benzene rings is 2. The fourth-order valence-corrected chi connectivity index (χ4v) is 3.42. The van der Waals surface area contributed by atoms with Crippen LogP contribution < -0.4 is 11.1 Å². The molecule has 1 amide bonds. The molecule has 2 aromatic carbocycles. The van der Waals surface area contributed by atoms with Crippen LogP contribution in [-0.4, -0.2) is 34.2 Å². The van der Waals surface area contributed by atoms with Crippen molar-refractivity contribution >= 4 is 34.4 Å². The van der Waals surface area contributed by atoms with Crippen LogP contribution in [0.2, 0.25) is 5.02 Å². The summed E-state index contributed by atoms with van der Waals surface area (Å²) in [6.45, 7) is 0. The lowest BCUT2D eigenvalue weighted by atomic mass is 10.1. The van der Waals surface area contributed by atoms with Crippen LogP contribution in [0.4, 0.5) is 13.2 Å². The van der Waals surface area contributed by atoms with Gasteiger partial charge in [0, 0.05) is 15.9 Å². The second-order valence-electron chi connectivity index (χ2n) is 6.73. The van der Waals surface area contributed by atoms with E-state index in [0.717, 1.165) is 22.9 Å². The van der Waals surface area contributed by atoms with Gasteiger partial charge in [0.15, 0.2) is 0 Å². The number of carbonyl (C=O) groups is 2. The normalized spacial score (nSPS) is 17.8. The van der Waals surface area contributed by atoms with Crippen LogP contribution in [0.15, 0.2) is 48.5 Å². The maximum Gasteiger partial charge on any atom is 0.490 e. The summed E-state index contributed by atoms with van der Waals surface area (Å²) in [6.07, 6.45) is -4.32. The maximum absolute atomic E-state index is 12.5. The molecule has 0 spiro atoms. The van der Waals surface area contributed by atoms with Crippen molar-refractivity contribution in [1.82, 2.24) is 10.3 Å². The van der Waals surface area contributed by atoms with Crippen LogP contribution in [0.1, 0.15) is 27.7 Å². The van der Waals surface area contributed by atoms with E-state index < -0.39 is 12.1 Å². The third-order valence-electron chi connectivity index (χ3n) is 4.67. The molecule has 1 heterocycles. The van der Waals surface area contributed by atoms with Crippen LogP contribution in [0.5, 0.6) is 0 Å². The number of nitrogens with one attached hydrogen (secondary N) is 2. The Morgan fingerprint density at radius 3 is 2.47 bits per heavy atom. The molecule has 2 atom stereocenters. The predicted molar refractivity (Wildman–Crippen MR) is 105 cm³/mol. The number of hydrogen-bond donors (Lipinski definition) is 4. The third-order valence-corrected chi connectivity index (χ3v) is 4.91. The Labute approximate surface area is 173 Å². The predicted octanol–water partition coefficient (Wildman–Crippen LogP) is 3.81. The molecular weight excluding hydrogens is 423 g/mol. The van der Waals surface area contributed by atoms with Crippen molar-refractivity contribution in [3.63, 3.8) is 0 Å². The summed E-state index contributed by atoms with van der Waals surface area (Å²) in [7, 11) is 0. The number of fused-ring (bicyclic) bond motifs is 2. The zero-order valence-corrected chi connectivity index (χ0v) is 16.1. The van der Waals surface area contributed by atoms with Crippen molar-refractivity contribution in [2.75, 3.05) is 0 Å². The van der Waals surface area contributed by atoms with Gasteiger partial charge in [-0.05, 0) is 41.8 Å². The third kappa shape index (κ3) is 4.74. The first-order chi connectivity index (χ1) is 14.1. The van der Waals surface area contributed by atoms with Gasteiger partial charge < -0.3 is 21.1 Å². The summed E-state index contributed by atoms with van der Waals surface area (Å²) in [5.41, 5.74) is 9.99. The largest absolute Gasteiger partial charge is 0.490 e. The highest BCUT2D eigenvalue weighted by molar-refractivity contribution is 6.31. The smallest absolute Gasteiger partial charge is 0.475 e. The first-order valence-corrected chi connectivity index (χ1v) is 9.16. The molecular formula is C20H17ClF3N3O3. The van der Waals surface area contributed by atoms with E-state index in [-0.39, 0.29) is 18.0 Å². The Morgan fingerprint density at radius 1 is 1.17 bits per heavy atom. The van der Waals surface area contributed by atoms with Crippen molar-refractivity contribution in [3.8, 4) is 0 Å². The number of aromatic nitrogens is 1. The average molecular weight is 440 g/mol. The van der Waals surface area contributed by atoms with E-state index in [4.69, 9.17) is 27.2 Å². The van der Waals surface area contributed by atoms with Crippen LogP contribution in [-0.2, 0) is 11.2 Å². The number of hydrogen-bond acceptors (Lipinski definition) is 3. The van der Waals surface area contributed by atoms with Crippen LogP contribution in [0.25, 0.3) is 10.9 Å². The van der Waals surface area contributed by atoms with E-state index in [0.29, 0.717) is 10.7 Å². The van der Waals surface area contributed by atoms with Gasteiger partial charge in [-0.2, -0.15) is 13.2 Å². The van der Waals surface area contributed by atoms with Gasteiger partial charge in [-0.3, -0.25) is 4.79 Å². The van der Waals surface area contributed by atoms with Gasteiger partial charge in [0.1, 0.15) is 5.69 Å². The zero-order chi connectivity index (χ0) is 22.1. The summed E-state index contributed by atoms with van der Waals surface area (Å²) in [6, 6.07) is 15.1. The molecule has 10 heteroatoms. The molecule has 0 bridgehead atoms. The number of alkyl halides is 3. The lowest BCUT2D eigenvalue weighted by Gasteiger charge is -2.17. The number of rotatable bonds is 2. The monoisotopic (exact) mass is 439 g/mol. The minimum absolute atomic E-state index is 0.0881. The van der Waals surface area contributed by atoms with E-state index in [1.807, 2.05) is 36.4 Å². The van der Waals surface area contributed by atoms with E-state index in [2.05, 4.69) is 16.4 Å². The van der Waals surface area contributed by atoms with Gasteiger partial charge in [0.05, 0.1) is 12.1 Å². The molecule has 3 aromatic rings. The van der Waals surface area contributed by atoms with Crippen LogP contribution >= 0.6 is 11.6 Å². The number of aliphatic carboxylic acids is 1. The SMILES string of the molecule is NC1c2ccccc2CC1NC(=O)c1cc2cc(Cl)ccc2[nH]1.O=C(O)C(F)(F)F. The van der Waals surface area contributed by atoms with Crippen molar-refractivity contribution in [2.45, 2.75) is 24.7 Å². The summed E-state index contributed by atoms with van der Waals surface area (Å²) in [4.78, 5) is 24.5. The molecule has 1 aliphatic carbocycles. The molecule has 6 nitrogen and oxygen atoms in total. The standard InChI is InChI=1S/C18H16ClN3O.C2HF3O2/c19-12-5-6-14-11(7-12)9-16(21-14)18(23)22-15-8-10-3-1-2-4-13(10)17(15)20;3-2(4,5)1(6)7/h1-7,9,15,17,21H,8,20H2,(H,22,23);(H,6,7). The maximum atomic E-state index is 12.5. The number of amides is 1. The van der Waals surface area contributed by atoms with E-state index in [1.54, 1.807) is 6.07 Å². The van der Waals surface area contributed by atoms with Crippen molar-refractivity contribution in [2.24, 2.45) is 5.73 Å². The average Bonchev–Trinajstić information content (AvgIpc) is 3.23. The van der Waals surface area contributed by atoms with Crippen LogP contribution in [0.3, 0.4) is 0 Å². The van der Waals surface area contributed by atoms with E-state index >= 15 is 0 Å². The Kier molecular flexibility index (Phi) is 6.04.